The lowest BCUT2D eigenvalue weighted by Gasteiger charge is -2.18. The van der Waals surface area contributed by atoms with Crippen LogP contribution in [0.25, 0.3) is 11.4 Å². The number of rotatable bonds is 4. The summed E-state index contributed by atoms with van der Waals surface area (Å²) in [5.41, 5.74) is -2.79. The SMILES string of the molecule is CCOC(=O)c1c(-c2ccccn2)nc(F)c(C(F)(F)F)c1OC. The molecule has 0 aliphatic heterocycles. The number of methoxy groups -OCH3 is 1. The van der Waals surface area contributed by atoms with Crippen LogP contribution in [0.4, 0.5) is 17.6 Å². The van der Waals surface area contributed by atoms with E-state index in [9.17, 15) is 22.4 Å². The van der Waals surface area contributed by atoms with Crippen LogP contribution in [0.3, 0.4) is 0 Å². The maximum Gasteiger partial charge on any atom is 0.424 e. The Balaban J connectivity index is 2.85. The molecule has 0 saturated heterocycles. The standard InChI is InChI=1S/C15H12F4N2O3/c1-3-24-14(22)9-11(8-6-4-5-7-20-8)21-13(16)10(12(9)23-2)15(17,18)19/h4-7H,3H2,1-2H3. The maximum absolute atomic E-state index is 14.0. The van der Waals surface area contributed by atoms with Gasteiger partial charge in [0.25, 0.3) is 0 Å². The van der Waals surface area contributed by atoms with Gasteiger partial charge in [-0.05, 0) is 19.1 Å². The van der Waals surface area contributed by atoms with Gasteiger partial charge in [-0.2, -0.15) is 17.6 Å². The van der Waals surface area contributed by atoms with E-state index in [-0.39, 0.29) is 12.3 Å². The van der Waals surface area contributed by atoms with Gasteiger partial charge in [0.1, 0.15) is 11.3 Å². The highest BCUT2D eigenvalue weighted by Gasteiger charge is 2.42. The summed E-state index contributed by atoms with van der Waals surface area (Å²) in [6.07, 6.45) is -3.78. The predicted molar refractivity (Wildman–Crippen MR) is 74.9 cm³/mol. The van der Waals surface area contributed by atoms with Crippen LogP contribution >= 0.6 is 0 Å². The van der Waals surface area contributed by atoms with E-state index in [0.717, 1.165) is 7.11 Å². The van der Waals surface area contributed by atoms with Gasteiger partial charge in [-0.3, -0.25) is 4.98 Å². The number of carbonyl (C=O) groups excluding carboxylic acids is 1. The molecule has 0 atom stereocenters. The summed E-state index contributed by atoms with van der Waals surface area (Å²) in [6.45, 7) is 1.38. The van der Waals surface area contributed by atoms with Gasteiger partial charge < -0.3 is 9.47 Å². The minimum Gasteiger partial charge on any atom is -0.495 e. The first-order valence-electron chi connectivity index (χ1n) is 6.74. The smallest absolute Gasteiger partial charge is 0.424 e. The monoisotopic (exact) mass is 344 g/mol. The van der Waals surface area contributed by atoms with Crippen molar-refractivity contribution in [1.82, 2.24) is 9.97 Å². The van der Waals surface area contributed by atoms with Crippen LogP contribution in [-0.2, 0) is 10.9 Å². The molecule has 0 bridgehead atoms. The van der Waals surface area contributed by atoms with Gasteiger partial charge in [-0.25, -0.2) is 9.78 Å². The molecule has 0 aliphatic rings. The van der Waals surface area contributed by atoms with Crippen molar-refractivity contribution in [1.29, 1.82) is 0 Å². The minimum absolute atomic E-state index is 0.00600. The molecule has 0 N–H and O–H groups in total. The van der Waals surface area contributed by atoms with Crippen molar-refractivity contribution >= 4 is 5.97 Å². The van der Waals surface area contributed by atoms with Gasteiger partial charge in [-0.15, -0.1) is 0 Å². The lowest BCUT2D eigenvalue weighted by atomic mass is 10.0. The number of ether oxygens (including phenoxy) is 2. The predicted octanol–water partition coefficient (Wildman–Crippen LogP) is 3.49. The topological polar surface area (TPSA) is 61.3 Å². The molecule has 0 fully saturated rings. The Hall–Kier alpha value is -2.71. The number of hydrogen-bond donors (Lipinski definition) is 0. The lowest BCUT2D eigenvalue weighted by molar-refractivity contribution is -0.141. The van der Waals surface area contributed by atoms with Gasteiger partial charge in [0.05, 0.1) is 19.4 Å². The van der Waals surface area contributed by atoms with Crippen LogP contribution in [0.15, 0.2) is 24.4 Å². The normalized spacial score (nSPS) is 11.2. The fraction of sp³-hybridized carbons (Fsp3) is 0.267. The number of esters is 1. The van der Waals surface area contributed by atoms with Crippen molar-refractivity contribution in [2.75, 3.05) is 13.7 Å². The van der Waals surface area contributed by atoms with Crippen LogP contribution in [0.5, 0.6) is 5.75 Å². The third kappa shape index (κ3) is 3.29. The molecule has 2 aromatic heterocycles. The summed E-state index contributed by atoms with van der Waals surface area (Å²) >= 11 is 0. The molecule has 2 aromatic rings. The molecule has 0 aromatic carbocycles. The first-order chi connectivity index (χ1) is 11.3. The van der Waals surface area contributed by atoms with E-state index in [1.807, 2.05) is 0 Å². The number of aromatic nitrogens is 2. The van der Waals surface area contributed by atoms with Crippen LogP contribution in [0, 0.1) is 5.95 Å². The molecule has 2 heterocycles. The summed E-state index contributed by atoms with van der Waals surface area (Å²) in [7, 11) is 0.898. The summed E-state index contributed by atoms with van der Waals surface area (Å²) in [4.78, 5) is 19.3. The third-order valence-electron chi connectivity index (χ3n) is 2.98. The lowest BCUT2D eigenvalue weighted by Crippen LogP contribution is -2.18. The van der Waals surface area contributed by atoms with Crippen molar-refractivity contribution in [2.45, 2.75) is 13.1 Å². The molecular weight excluding hydrogens is 332 g/mol. The summed E-state index contributed by atoms with van der Waals surface area (Å²) in [5.74, 6) is -3.92. The Bertz CT molecular complexity index is 749. The van der Waals surface area contributed by atoms with Crippen LogP contribution < -0.4 is 4.74 Å². The largest absolute Gasteiger partial charge is 0.495 e. The second-order valence-electron chi connectivity index (χ2n) is 4.47. The molecule has 0 spiro atoms. The number of nitrogens with zero attached hydrogens (tertiary/aromatic N) is 2. The van der Waals surface area contributed by atoms with Crippen molar-refractivity contribution in [2.24, 2.45) is 0 Å². The maximum atomic E-state index is 14.0. The average molecular weight is 344 g/mol. The number of alkyl halides is 3. The zero-order valence-corrected chi connectivity index (χ0v) is 12.6. The molecule has 0 aliphatic carbocycles. The second-order valence-corrected chi connectivity index (χ2v) is 4.47. The average Bonchev–Trinajstić information content (AvgIpc) is 2.53. The number of halogens is 4. The van der Waals surface area contributed by atoms with E-state index >= 15 is 0 Å². The van der Waals surface area contributed by atoms with E-state index in [2.05, 4.69) is 14.7 Å². The molecule has 2 rings (SSSR count). The number of pyridine rings is 2. The van der Waals surface area contributed by atoms with Crippen molar-refractivity contribution in [3.05, 3.63) is 41.5 Å². The van der Waals surface area contributed by atoms with Crippen molar-refractivity contribution in [3.63, 3.8) is 0 Å². The van der Waals surface area contributed by atoms with E-state index < -0.39 is 40.7 Å². The minimum atomic E-state index is -5.10. The summed E-state index contributed by atoms with van der Waals surface area (Å²) in [6, 6.07) is 4.43. The number of carbonyl (C=O) groups is 1. The molecule has 24 heavy (non-hydrogen) atoms. The fourth-order valence-corrected chi connectivity index (χ4v) is 2.07. The van der Waals surface area contributed by atoms with Gasteiger partial charge in [0, 0.05) is 6.20 Å². The van der Waals surface area contributed by atoms with E-state index in [0.29, 0.717) is 0 Å². The highest BCUT2D eigenvalue weighted by atomic mass is 19.4. The zero-order valence-electron chi connectivity index (χ0n) is 12.6. The molecule has 0 saturated carbocycles. The Morgan fingerprint density at radius 2 is 2.00 bits per heavy atom. The van der Waals surface area contributed by atoms with Crippen LogP contribution in [0.2, 0.25) is 0 Å². The molecule has 5 nitrogen and oxygen atoms in total. The summed E-state index contributed by atoms with van der Waals surface area (Å²) < 4.78 is 62.9. The third-order valence-corrected chi connectivity index (χ3v) is 2.98. The van der Waals surface area contributed by atoms with Crippen LogP contribution in [0.1, 0.15) is 22.8 Å². The molecule has 0 radical (unpaired) electrons. The summed E-state index contributed by atoms with van der Waals surface area (Å²) in [5, 5.41) is 0. The molecule has 0 amide bonds. The zero-order chi connectivity index (χ0) is 17.9. The molecular formula is C15H12F4N2O3. The fourth-order valence-electron chi connectivity index (χ4n) is 2.07. The highest BCUT2D eigenvalue weighted by molar-refractivity contribution is 5.99. The Morgan fingerprint density at radius 3 is 2.50 bits per heavy atom. The Morgan fingerprint density at radius 1 is 1.29 bits per heavy atom. The Kier molecular flexibility index (Phi) is 5.01. The first kappa shape index (κ1) is 17.6. The molecule has 9 heteroatoms. The number of hydrogen-bond acceptors (Lipinski definition) is 5. The second kappa shape index (κ2) is 6.81. The van der Waals surface area contributed by atoms with Gasteiger partial charge >= 0.3 is 12.1 Å². The van der Waals surface area contributed by atoms with Crippen molar-refractivity contribution in [3.8, 4) is 17.1 Å². The van der Waals surface area contributed by atoms with Gasteiger partial charge in [0.15, 0.2) is 11.3 Å². The van der Waals surface area contributed by atoms with Crippen molar-refractivity contribution < 1.29 is 31.8 Å². The first-order valence-corrected chi connectivity index (χ1v) is 6.74. The van der Waals surface area contributed by atoms with E-state index in [1.54, 1.807) is 6.07 Å². The molecule has 128 valence electrons. The highest BCUT2D eigenvalue weighted by Crippen LogP contribution is 2.42. The van der Waals surface area contributed by atoms with E-state index in [1.165, 1.54) is 25.3 Å². The quantitative estimate of drug-likeness (QED) is 0.483. The van der Waals surface area contributed by atoms with Crippen LogP contribution in [-0.4, -0.2) is 29.7 Å². The molecule has 0 unspecified atom stereocenters. The van der Waals surface area contributed by atoms with Gasteiger partial charge in [0.2, 0.25) is 5.95 Å². The van der Waals surface area contributed by atoms with Gasteiger partial charge in [-0.1, -0.05) is 6.07 Å². The van der Waals surface area contributed by atoms with E-state index in [4.69, 9.17) is 4.74 Å². The Labute approximate surface area is 134 Å².